The van der Waals surface area contributed by atoms with Crippen molar-refractivity contribution in [2.45, 2.75) is 6.18 Å². The fourth-order valence-electron chi connectivity index (χ4n) is 1.60. The van der Waals surface area contributed by atoms with E-state index in [1.54, 1.807) is 12.1 Å². The number of halogens is 3. The molecule has 0 aliphatic heterocycles. The van der Waals surface area contributed by atoms with E-state index >= 15 is 0 Å². The predicted octanol–water partition coefficient (Wildman–Crippen LogP) is 3.48. The highest BCUT2D eigenvalue weighted by Gasteiger charge is 2.29. The van der Waals surface area contributed by atoms with Crippen LogP contribution in [0.1, 0.15) is 11.3 Å². The molecule has 0 saturated carbocycles. The Morgan fingerprint density at radius 3 is 2.35 bits per heavy atom. The van der Waals surface area contributed by atoms with Gasteiger partial charge in [0.1, 0.15) is 10.7 Å². The fraction of sp³-hybridized carbons (Fsp3) is 0.0769. The largest absolute Gasteiger partial charge is 0.416 e. The molecule has 0 fully saturated rings. The molecule has 1 aromatic heterocycles. The Labute approximate surface area is 118 Å². The molecular formula is C13H10F3N3S. The third-order valence-electron chi connectivity index (χ3n) is 2.53. The summed E-state index contributed by atoms with van der Waals surface area (Å²) in [5.41, 5.74) is 6.25. The van der Waals surface area contributed by atoms with Gasteiger partial charge >= 0.3 is 6.18 Å². The Morgan fingerprint density at radius 2 is 1.80 bits per heavy atom. The first-order valence-corrected chi connectivity index (χ1v) is 5.98. The fourth-order valence-corrected chi connectivity index (χ4v) is 1.76. The third kappa shape index (κ3) is 3.24. The van der Waals surface area contributed by atoms with Crippen molar-refractivity contribution >= 4 is 28.6 Å². The van der Waals surface area contributed by atoms with Crippen LogP contribution in [0, 0.1) is 0 Å². The zero-order valence-corrected chi connectivity index (χ0v) is 10.9. The predicted molar refractivity (Wildman–Crippen MR) is 74.9 cm³/mol. The van der Waals surface area contributed by atoms with E-state index < -0.39 is 11.7 Å². The van der Waals surface area contributed by atoms with E-state index in [0.29, 0.717) is 17.1 Å². The van der Waals surface area contributed by atoms with Crippen LogP contribution in [-0.4, -0.2) is 9.97 Å². The maximum absolute atomic E-state index is 12.5. The van der Waals surface area contributed by atoms with Gasteiger partial charge in [0.2, 0.25) is 0 Å². The first-order valence-electron chi connectivity index (χ1n) is 5.57. The molecule has 1 heterocycles. The maximum atomic E-state index is 12.5. The smallest absolute Gasteiger partial charge is 0.388 e. The van der Waals surface area contributed by atoms with E-state index in [2.05, 4.69) is 10.3 Å². The van der Waals surface area contributed by atoms with Gasteiger partial charge < -0.3 is 11.1 Å². The Bertz CT molecular complexity index is 624. The van der Waals surface area contributed by atoms with Gasteiger partial charge in [-0.15, -0.1) is 0 Å². The van der Waals surface area contributed by atoms with Gasteiger partial charge in [-0.2, -0.15) is 13.2 Å². The molecule has 3 nitrogen and oxygen atoms in total. The van der Waals surface area contributed by atoms with Crippen LogP contribution in [0.3, 0.4) is 0 Å². The van der Waals surface area contributed by atoms with Crippen LogP contribution in [0.5, 0.6) is 0 Å². The number of nitrogens with two attached hydrogens (primary N) is 1. The van der Waals surface area contributed by atoms with Gasteiger partial charge in [-0.05, 0) is 36.4 Å². The highest BCUT2D eigenvalue weighted by atomic mass is 32.1. The van der Waals surface area contributed by atoms with Crippen LogP contribution in [0.25, 0.3) is 0 Å². The second-order valence-electron chi connectivity index (χ2n) is 3.96. The van der Waals surface area contributed by atoms with Gasteiger partial charge in [-0.1, -0.05) is 12.2 Å². The Balaban J connectivity index is 2.25. The van der Waals surface area contributed by atoms with E-state index in [9.17, 15) is 13.2 Å². The SMILES string of the molecule is NC(=S)c1ncccc1Nc1ccc(C(F)(F)F)cc1. The first-order chi connectivity index (χ1) is 9.38. The second-order valence-corrected chi connectivity index (χ2v) is 4.40. The first kappa shape index (κ1) is 14.3. The minimum atomic E-state index is -4.35. The van der Waals surface area contributed by atoms with Crippen LogP contribution in [0.4, 0.5) is 24.5 Å². The average molecular weight is 297 g/mol. The number of nitrogens with one attached hydrogen (secondary N) is 1. The molecule has 0 atom stereocenters. The molecule has 0 aliphatic rings. The summed E-state index contributed by atoms with van der Waals surface area (Å²) in [4.78, 5) is 4.13. The highest BCUT2D eigenvalue weighted by Crippen LogP contribution is 2.30. The molecule has 2 aromatic rings. The van der Waals surface area contributed by atoms with Gasteiger partial charge in [0, 0.05) is 11.9 Å². The molecule has 0 saturated heterocycles. The van der Waals surface area contributed by atoms with Gasteiger partial charge in [0.15, 0.2) is 0 Å². The number of nitrogens with zero attached hydrogens (tertiary/aromatic N) is 1. The van der Waals surface area contributed by atoms with Crippen LogP contribution < -0.4 is 11.1 Å². The Hall–Kier alpha value is -2.15. The number of rotatable bonds is 3. The molecule has 104 valence electrons. The van der Waals surface area contributed by atoms with Crippen LogP contribution in [-0.2, 0) is 6.18 Å². The molecule has 3 N–H and O–H groups in total. The number of benzene rings is 1. The van der Waals surface area contributed by atoms with Crippen molar-refractivity contribution in [3.8, 4) is 0 Å². The summed E-state index contributed by atoms with van der Waals surface area (Å²) >= 11 is 4.86. The van der Waals surface area contributed by atoms with Gasteiger partial charge in [-0.25, -0.2) is 0 Å². The molecule has 0 bridgehead atoms. The quantitative estimate of drug-likeness (QED) is 0.852. The Kier molecular flexibility index (Phi) is 3.89. The van der Waals surface area contributed by atoms with E-state index in [1.165, 1.54) is 18.3 Å². The molecule has 0 amide bonds. The lowest BCUT2D eigenvalue weighted by atomic mass is 10.2. The molecule has 7 heteroatoms. The van der Waals surface area contributed by atoms with Crippen molar-refractivity contribution in [3.05, 3.63) is 53.9 Å². The summed E-state index contributed by atoms with van der Waals surface area (Å²) in [7, 11) is 0. The minimum Gasteiger partial charge on any atom is -0.388 e. The topological polar surface area (TPSA) is 50.9 Å². The standard InChI is InChI=1S/C13H10F3N3S/c14-13(15,16)8-3-5-9(6-4-8)19-10-2-1-7-18-11(10)12(17)20/h1-7,19H,(H2,17,20). The van der Waals surface area contributed by atoms with Crippen molar-refractivity contribution in [2.75, 3.05) is 5.32 Å². The number of anilines is 2. The van der Waals surface area contributed by atoms with Crippen LogP contribution in [0.15, 0.2) is 42.6 Å². The number of pyridine rings is 1. The molecular weight excluding hydrogens is 287 g/mol. The summed E-state index contributed by atoms with van der Waals surface area (Å²) in [6.45, 7) is 0. The number of thiocarbonyl (C=S) groups is 1. The Morgan fingerprint density at radius 1 is 1.15 bits per heavy atom. The van der Waals surface area contributed by atoms with Crippen LogP contribution in [0.2, 0.25) is 0 Å². The molecule has 20 heavy (non-hydrogen) atoms. The van der Waals surface area contributed by atoms with E-state index in [0.717, 1.165) is 12.1 Å². The molecule has 0 aliphatic carbocycles. The average Bonchev–Trinajstić information content (AvgIpc) is 2.38. The van der Waals surface area contributed by atoms with Crippen LogP contribution >= 0.6 is 12.2 Å². The summed E-state index contributed by atoms with van der Waals surface area (Å²) < 4.78 is 37.4. The van der Waals surface area contributed by atoms with Gasteiger partial charge in [-0.3, -0.25) is 4.98 Å². The number of hydrogen-bond acceptors (Lipinski definition) is 3. The maximum Gasteiger partial charge on any atom is 0.416 e. The molecule has 0 radical (unpaired) electrons. The minimum absolute atomic E-state index is 0.111. The molecule has 0 spiro atoms. The zero-order chi connectivity index (χ0) is 14.8. The van der Waals surface area contributed by atoms with Crippen molar-refractivity contribution in [1.82, 2.24) is 4.98 Å². The molecule has 0 unspecified atom stereocenters. The van der Waals surface area contributed by atoms with Crippen molar-refractivity contribution in [3.63, 3.8) is 0 Å². The number of alkyl halides is 3. The summed E-state index contributed by atoms with van der Waals surface area (Å²) in [5.74, 6) is 0. The summed E-state index contributed by atoms with van der Waals surface area (Å²) in [6, 6.07) is 8.03. The van der Waals surface area contributed by atoms with Crippen molar-refractivity contribution < 1.29 is 13.2 Å². The van der Waals surface area contributed by atoms with E-state index in [4.69, 9.17) is 18.0 Å². The van der Waals surface area contributed by atoms with Gasteiger partial charge in [0.05, 0.1) is 11.3 Å². The summed E-state index contributed by atoms with van der Waals surface area (Å²) in [5, 5.41) is 2.94. The number of aromatic nitrogens is 1. The van der Waals surface area contributed by atoms with E-state index in [1.807, 2.05) is 0 Å². The lowest BCUT2D eigenvalue weighted by molar-refractivity contribution is -0.137. The zero-order valence-electron chi connectivity index (χ0n) is 10.1. The molecule has 2 rings (SSSR count). The second kappa shape index (κ2) is 5.46. The molecule has 1 aromatic carbocycles. The number of hydrogen-bond donors (Lipinski definition) is 2. The lowest BCUT2D eigenvalue weighted by Crippen LogP contribution is -2.13. The lowest BCUT2D eigenvalue weighted by Gasteiger charge is -2.11. The van der Waals surface area contributed by atoms with Gasteiger partial charge in [0.25, 0.3) is 0 Å². The summed E-state index contributed by atoms with van der Waals surface area (Å²) in [6.07, 6.45) is -2.82. The normalized spacial score (nSPS) is 11.2. The van der Waals surface area contributed by atoms with Crippen molar-refractivity contribution in [2.24, 2.45) is 5.73 Å². The third-order valence-corrected chi connectivity index (χ3v) is 2.73. The van der Waals surface area contributed by atoms with E-state index in [-0.39, 0.29) is 4.99 Å². The van der Waals surface area contributed by atoms with Crippen molar-refractivity contribution in [1.29, 1.82) is 0 Å². The highest BCUT2D eigenvalue weighted by molar-refractivity contribution is 7.80. The monoisotopic (exact) mass is 297 g/mol.